The van der Waals surface area contributed by atoms with Gasteiger partial charge in [-0.05, 0) is 31.0 Å². The van der Waals surface area contributed by atoms with Gasteiger partial charge in [-0.3, -0.25) is 0 Å². The molecule has 0 fully saturated rings. The van der Waals surface area contributed by atoms with Gasteiger partial charge in [-0.25, -0.2) is 4.39 Å². The second kappa shape index (κ2) is 7.10. The predicted molar refractivity (Wildman–Crippen MR) is 67.9 cm³/mol. The number of nitrogens with one attached hydrogen (secondary N) is 1. The molecule has 0 heterocycles. The van der Waals surface area contributed by atoms with Crippen LogP contribution in [0.15, 0.2) is 18.2 Å². The van der Waals surface area contributed by atoms with Gasteiger partial charge in [0.05, 0.1) is 11.4 Å². The van der Waals surface area contributed by atoms with Gasteiger partial charge in [0.2, 0.25) is 0 Å². The van der Waals surface area contributed by atoms with E-state index in [-0.39, 0.29) is 11.4 Å². The molecule has 0 bridgehead atoms. The van der Waals surface area contributed by atoms with Crippen molar-refractivity contribution in [2.75, 3.05) is 6.54 Å². The van der Waals surface area contributed by atoms with Crippen LogP contribution < -0.4 is 5.32 Å². The molecular weight excluding hydrogens is 282 g/mol. The van der Waals surface area contributed by atoms with E-state index in [1.54, 1.807) is 6.07 Å². The SMILES string of the molecule is CCCNC(Cc1cccc(F)c1Cl)CC(F)(F)F. The Kier molecular flexibility index (Phi) is 6.07. The van der Waals surface area contributed by atoms with Crippen LogP contribution in [0.5, 0.6) is 0 Å². The first-order valence-electron chi connectivity index (χ1n) is 6.06. The Bertz CT molecular complexity index is 406. The van der Waals surface area contributed by atoms with Crippen molar-refractivity contribution in [2.45, 2.75) is 38.4 Å². The van der Waals surface area contributed by atoms with Crippen molar-refractivity contribution < 1.29 is 17.6 Å². The van der Waals surface area contributed by atoms with Gasteiger partial charge in [-0.15, -0.1) is 0 Å². The smallest absolute Gasteiger partial charge is 0.313 e. The number of hydrogen-bond donors (Lipinski definition) is 1. The maximum Gasteiger partial charge on any atom is 0.390 e. The summed E-state index contributed by atoms with van der Waals surface area (Å²) < 4.78 is 50.7. The molecule has 6 heteroatoms. The molecule has 1 aromatic carbocycles. The van der Waals surface area contributed by atoms with Crippen LogP contribution in [0, 0.1) is 5.82 Å². The lowest BCUT2D eigenvalue weighted by molar-refractivity contribution is -0.139. The molecule has 0 amide bonds. The Morgan fingerprint density at radius 3 is 2.58 bits per heavy atom. The van der Waals surface area contributed by atoms with E-state index in [1.165, 1.54) is 12.1 Å². The van der Waals surface area contributed by atoms with Crippen molar-refractivity contribution in [2.24, 2.45) is 0 Å². The van der Waals surface area contributed by atoms with Crippen LogP contribution in [-0.4, -0.2) is 18.8 Å². The molecule has 0 aliphatic carbocycles. The van der Waals surface area contributed by atoms with Crippen molar-refractivity contribution in [3.8, 4) is 0 Å². The van der Waals surface area contributed by atoms with Gasteiger partial charge in [0, 0.05) is 6.04 Å². The van der Waals surface area contributed by atoms with Gasteiger partial charge in [0.1, 0.15) is 5.82 Å². The average molecular weight is 298 g/mol. The third kappa shape index (κ3) is 5.78. The van der Waals surface area contributed by atoms with E-state index >= 15 is 0 Å². The van der Waals surface area contributed by atoms with Crippen molar-refractivity contribution >= 4 is 11.6 Å². The van der Waals surface area contributed by atoms with Crippen LogP contribution in [-0.2, 0) is 6.42 Å². The van der Waals surface area contributed by atoms with Crippen molar-refractivity contribution in [3.63, 3.8) is 0 Å². The summed E-state index contributed by atoms with van der Waals surface area (Å²) in [7, 11) is 0. The minimum Gasteiger partial charge on any atom is -0.313 e. The fraction of sp³-hybridized carbons (Fsp3) is 0.538. The van der Waals surface area contributed by atoms with Crippen molar-refractivity contribution in [1.82, 2.24) is 5.32 Å². The molecule has 1 atom stereocenters. The highest BCUT2D eigenvalue weighted by Crippen LogP contribution is 2.26. The lowest BCUT2D eigenvalue weighted by Crippen LogP contribution is -2.36. The van der Waals surface area contributed by atoms with E-state index in [1.807, 2.05) is 6.92 Å². The molecule has 0 aromatic heterocycles. The molecule has 1 N–H and O–H groups in total. The summed E-state index contributed by atoms with van der Waals surface area (Å²) in [5.74, 6) is -0.611. The summed E-state index contributed by atoms with van der Waals surface area (Å²) >= 11 is 5.76. The average Bonchev–Trinajstić information content (AvgIpc) is 2.30. The van der Waals surface area contributed by atoms with E-state index < -0.39 is 24.5 Å². The summed E-state index contributed by atoms with van der Waals surface area (Å²) in [4.78, 5) is 0. The summed E-state index contributed by atoms with van der Waals surface area (Å²) in [6.45, 7) is 2.35. The second-order valence-corrected chi connectivity index (χ2v) is 4.77. The lowest BCUT2D eigenvalue weighted by atomic mass is 10.0. The summed E-state index contributed by atoms with van der Waals surface area (Å²) in [5, 5.41) is 2.72. The van der Waals surface area contributed by atoms with Crippen LogP contribution in [0.2, 0.25) is 5.02 Å². The third-order valence-corrected chi connectivity index (χ3v) is 3.08. The molecular formula is C13H16ClF4N. The lowest BCUT2D eigenvalue weighted by Gasteiger charge is -2.20. The minimum absolute atomic E-state index is 0.0517. The van der Waals surface area contributed by atoms with E-state index in [2.05, 4.69) is 5.32 Å². The summed E-state index contributed by atoms with van der Waals surface area (Å²) in [5.41, 5.74) is 0.388. The molecule has 0 radical (unpaired) electrons. The normalized spacial score (nSPS) is 13.6. The number of alkyl halides is 3. The van der Waals surface area contributed by atoms with Crippen LogP contribution >= 0.6 is 11.6 Å². The zero-order chi connectivity index (χ0) is 14.5. The van der Waals surface area contributed by atoms with Crippen LogP contribution in [0.1, 0.15) is 25.3 Å². The van der Waals surface area contributed by atoms with E-state index in [4.69, 9.17) is 11.6 Å². The molecule has 1 unspecified atom stereocenters. The molecule has 1 nitrogen and oxygen atoms in total. The summed E-state index contributed by atoms with van der Waals surface area (Å²) in [6.07, 6.45) is -4.44. The Balaban J connectivity index is 2.78. The highest BCUT2D eigenvalue weighted by Gasteiger charge is 2.32. The molecule has 0 saturated carbocycles. The Hall–Kier alpha value is -0.810. The second-order valence-electron chi connectivity index (χ2n) is 4.39. The first-order chi connectivity index (χ1) is 8.83. The molecule has 0 spiro atoms. The van der Waals surface area contributed by atoms with Crippen LogP contribution in [0.3, 0.4) is 0 Å². The van der Waals surface area contributed by atoms with Gasteiger partial charge in [0.25, 0.3) is 0 Å². The topological polar surface area (TPSA) is 12.0 Å². The zero-order valence-corrected chi connectivity index (χ0v) is 11.3. The minimum atomic E-state index is -4.26. The van der Waals surface area contributed by atoms with Gasteiger partial charge in [0.15, 0.2) is 0 Å². The van der Waals surface area contributed by atoms with E-state index in [9.17, 15) is 17.6 Å². The van der Waals surface area contributed by atoms with Crippen LogP contribution in [0.4, 0.5) is 17.6 Å². The number of benzene rings is 1. The first kappa shape index (κ1) is 16.2. The molecule has 19 heavy (non-hydrogen) atoms. The van der Waals surface area contributed by atoms with Gasteiger partial charge in [-0.1, -0.05) is 30.7 Å². The van der Waals surface area contributed by atoms with Crippen LogP contribution in [0.25, 0.3) is 0 Å². The molecule has 1 rings (SSSR count). The highest BCUT2D eigenvalue weighted by molar-refractivity contribution is 6.31. The fourth-order valence-electron chi connectivity index (χ4n) is 1.82. The number of rotatable bonds is 6. The Morgan fingerprint density at radius 2 is 2.00 bits per heavy atom. The quantitative estimate of drug-likeness (QED) is 0.770. The largest absolute Gasteiger partial charge is 0.390 e. The van der Waals surface area contributed by atoms with Gasteiger partial charge >= 0.3 is 6.18 Å². The number of halogens is 5. The fourth-order valence-corrected chi connectivity index (χ4v) is 2.02. The summed E-state index contributed by atoms with van der Waals surface area (Å²) in [6, 6.07) is 3.38. The van der Waals surface area contributed by atoms with Gasteiger partial charge in [-0.2, -0.15) is 13.2 Å². The van der Waals surface area contributed by atoms with Crippen molar-refractivity contribution in [3.05, 3.63) is 34.6 Å². The van der Waals surface area contributed by atoms with Crippen molar-refractivity contribution in [1.29, 1.82) is 0 Å². The molecule has 0 saturated heterocycles. The van der Waals surface area contributed by atoms with Gasteiger partial charge < -0.3 is 5.32 Å². The van der Waals surface area contributed by atoms with E-state index in [0.717, 1.165) is 6.42 Å². The molecule has 1 aromatic rings. The van der Waals surface area contributed by atoms with E-state index in [0.29, 0.717) is 12.1 Å². The maximum atomic E-state index is 13.2. The Labute approximate surface area is 115 Å². The highest BCUT2D eigenvalue weighted by atomic mass is 35.5. The maximum absolute atomic E-state index is 13.2. The third-order valence-electron chi connectivity index (χ3n) is 2.66. The first-order valence-corrected chi connectivity index (χ1v) is 6.44. The predicted octanol–water partition coefficient (Wildman–Crippen LogP) is 4.34. The standard InChI is InChI=1S/C13H16ClF4N/c1-2-6-19-10(8-13(16,17)18)7-9-4-3-5-11(15)12(9)14/h3-5,10,19H,2,6-8H2,1H3. The zero-order valence-electron chi connectivity index (χ0n) is 10.5. The number of hydrogen-bond acceptors (Lipinski definition) is 1. The molecule has 0 aliphatic rings. The molecule has 108 valence electrons. The molecule has 0 aliphatic heterocycles. The monoisotopic (exact) mass is 297 g/mol. The Morgan fingerprint density at radius 1 is 1.32 bits per heavy atom.